The number of benzene rings is 1. The molecule has 6 nitrogen and oxygen atoms in total. The lowest BCUT2D eigenvalue weighted by Gasteiger charge is -2.34. The number of alkyl halides is 3. The second kappa shape index (κ2) is 9.52. The van der Waals surface area contributed by atoms with Crippen LogP contribution in [0.2, 0.25) is 5.02 Å². The Labute approximate surface area is 195 Å². The second-order valence-electron chi connectivity index (χ2n) is 8.26. The Morgan fingerprint density at radius 3 is 2.70 bits per heavy atom. The molecule has 2 aromatic rings. The monoisotopic (exact) mass is 500 g/mol. The van der Waals surface area contributed by atoms with Gasteiger partial charge in [-0.25, -0.2) is 13.4 Å². The molecule has 1 aliphatic carbocycles. The van der Waals surface area contributed by atoms with Crippen LogP contribution in [0.5, 0.6) is 0 Å². The number of halogens is 4. The van der Waals surface area contributed by atoms with Crippen molar-refractivity contribution in [2.24, 2.45) is 5.92 Å². The van der Waals surface area contributed by atoms with Crippen molar-refractivity contribution in [2.75, 3.05) is 11.4 Å². The molecule has 0 spiro atoms. The van der Waals surface area contributed by atoms with Gasteiger partial charge in [0.2, 0.25) is 0 Å². The summed E-state index contributed by atoms with van der Waals surface area (Å²) in [4.78, 5) is 9.01. The summed E-state index contributed by atoms with van der Waals surface area (Å²) in [6, 6.07) is 4.34. The van der Waals surface area contributed by atoms with Crippen molar-refractivity contribution < 1.29 is 21.6 Å². The molecule has 178 valence electrons. The number of rotatable bonds is 6. The highest BCUT2D eigenvalue weighted by molar-refractivity contribution is 7.89. The van der Waals surface area contributed by atoms with Crippen LogP contribution in [-0.2, 0) is 23.1 Å². The fraction of sp³-hybridized carbons (Fsp3) is 0.409. The highest BCUT2D eigenvalue weighted by Gasteiger charge is 2.51. The zero-order valence-electron chi connectivity index (χ0n) is 17.7. The first-order valence-electron chi connectivity index (χ1n) is 10.6. The molecule has 2 unspecified atom stereocenters. The number of nitrogens with one attached hydrogen (secondary N) is 1. The van der Waals surface area contributed by atoms with Crippen molar-refractivity contribution in [1.82, 2.24) is 14.3 Å². The fourth-order valence-electron chi connectivity index (χ4n) is 4.32. The van der Waals surface area contributed by atoms with Gasteiger partial charge < -0.3 is 9.88 Å². The molecule has 0 radical (unpaired) electrons. The minimum atomic E-state index is -5.51. The van der Waals surface area contributed by atoms with E-state index in [9.17, 15) is 21.6 Å². The number of aromatic amines is 1. The first kappa shape index (κ1) is 23.8. The number of aromatic nitrogens is 2. The number of fused-ring (bicyclic) bond motifs is 1. The smallest absolute Gasteiger partial charge is 0.361 e. The van der Waals surface area contributed by atoms with Crippen LogP contribution in [0.1, 0.15) is 30.5 Å². The number of sulfonamides is 1. The standard InChI is InChI=1S/C22H24ClF3N4O2S/c23-18-8-7-17-12-29(33(31,32)22(24,25)26)14-20(9-6-16-4-2-1-3-5-16)30(21(17)10-18)13-19-11-27-15-28-19/h1-4,7-8,10-11,15-16,20H,5-6,9,12-14H2,(H,27,28). The number of nitrogens with zero attached hydrogens (tertiary/aromatic N) is 3. The van der Waals surface area contributed by atoms with E-state index in [0.29, 0.717) is 40.0 Å². The third-order valence-corrected chi connectivity index (χ3v) is 7.80. The van der Waals surface area contributed by atoms with E-state index in [1.807, 2.05) is 17.1 Å². The predicted octanol–water partition coefficient (Wildman–Crippen LogP) is 5.02. The molecule has 0 saturated heterocycles. The van der Waals surface area contributed by atoms with Gasteiger partial charge in [0, 0.05) is 36.0 Å². The molecule has 2 aliphatic rings. The van der Waals surface area contributed by atoms with E-state index < -0.39 is 21.6 Å². The van der Waals surface area contributed by atoms with Crippen LogP contribution < -0.4 is 4.90 Å². The molecule has 0 fully saturated rings. The van der Waals surface area contributed by atoms with Crippen LogP contribution >= 0.6 is 11.6 Å². The average Bonchev–Trinajstić information content (AvgIpc) is 3.23. The lowest BCUT2D eigenvalue weighted by atomic mass is 9.93. The summed E-state index contributed by atoms with van der Waals surface area (Å²) in [7, 11) is -5.51. The summed E-state index contributed by atoms with van der Waals surface area (Å²) in [5.74, 6) is 0.249. The molecule has 0 bridgehead atoms. The summed E-state index contributed by atoms with van der Waals surface area (Å²) >= 11 is 6.25. The highest BCUT2D eigenvalue weighted by Crippen LogP contribution is 2.37. The van der Waals surface area contributed by atoms with Crippen LogP contribution in [-0.4, -0.2) is 40.8 Å². The lowest BCUT2D eigenvalue weighted by Crippen LogP contribution is -2.47. The molecule has 1 aliphatic heterocycles. The average molecular weight is 501 g/mol. The van der Waals surface area contributed by atoms with Crippen LogP contribution in [0.15, 0.2) is 55.0 Å². The van der Waals surface area contributed by atoms with Crippen LogP contribution in [0, 0.1) is 5.92 Å². The van der Waals surface area contributed by atoms with Crippen molar-refractivity contribution in [3.63, 3.8) is 0 Å². The second-order valence-corrected chi connectivity index (χ2v) is 10.6. The summed E-state index contributed by atoms with van der Waals surface area (Å²) in [6.07, 6.45) is 13.3. The summed E-state index contributed by atoms with van der Waals surface area (Å²) in [6.45, 7) is -0.330. The Morgan fingerprint density at radius 2 is 2.03 bits per heavy atom. The van der Waals surface area contributed by atoms with E-state index in [-0.39, 0.29) is 19.0 Å². The fourth-order valence-corrected chi connectivity index (χ4v) is 5.46. The molecule has 4 rings (SSSR count). The number of imidazole rings is 1. The van der Waals surface area contributed by atoms with Crippen molar-refractivity contribution >= 4 is 27.3 Å². The molecular formula is C22H24ClF3N4O2S. The number of hydrogen-bond donors (Lipinski definition) is 1. The van der Waals surface area contributed by atoms with E-state index in [1.54, 1.807) is 24.4 Å². The molecule has 0 saturated carbocycles. The van der Waals surface area contributed by atoms with Gasteiger partial charge in [0.25, 0.3) is 0 Å². The first-order valence-corrected chi connectivity index (χ1v) is 12.4. The molecular weight excluding hydrogens is 477 g/mol. The largest absolute Gasteiger partial charge is 0.511 e. The zero-order chi connectivity index (χ0) is 23.6. The first-order chi connectivity index (χ1) is 15.6. The van der Waals surface area contributed by atoms with Crippen molar-refractivity contribution in [3.05, 3.63) is 71.3 Å². The van der Waals surface area contributed by atoms with Gasteiger partial charge in [-0.2, -0.15) is 17.5 Å². The Bertz CT molecular complexity index is 1130. The molecule has 11 heteroatoms. The lowest BCUT2D eigenvalue weighted by molar-refractivity contribution is -0.0492. The Morgan fingerprint density at radius 1 is 1.21 bits per heavy atom. The summed E-state index contributed by atoms with van der Waals surface area (Å²) in [5, 5.41) is 0.426. The Balaban J connectivity index is 1.73. The molecule has 33 heavy (non-hydrogen) atoms. The van der Waals surface area contributed by atoms with Gasteiger partial charge in [0.05, 0.1) is 18.6 Å². The topological polar surface area (TPSA) is 69.3 Å². The predicted molar refractivity (Wildman–Crippen MR) is 121 cm³/mol. The maximum absolute atomic E-state index is 13.5. The van der Waals surface area contributed by atoms with Crippen molar-refractivity contribution in [1.29, 1.82) is 0 Å². The SMILES string of the molecule is O=S(=O)(N1Cc2ccc(Cl)cc2N(Cc2cnc[nH]2)C(CCC2C=CC=CC2)C1)C(F)(F)F. The Kier molecular flexibility index (Phi) is 6.88. The quantitative estimate of drug-likeness (QED) is 0.605. The van der Waals surface area contributed by atoms with Crippen molar-refractivity contribution in [2.45, 2.75) is 43.9 Å². The van der Waals surface area contributed by atoms with Gasteiger partial charge in [0.1, 0.15) is 0 Å². The minimum Gasteiger partial charge on any atom is -0.361 e. The molecule has 0 amide bonds. The molecule has 1 aromatic heterocycles. The van der Waals surface area contributed by atoms with Crippen LogP contribution in [0.25, 0.3) is 0 Å². The molecule has 2 atom stereocenters. The molecule has 2 heterocycles. The minimum absolute atomic E-state index is 0.249. The zero-order valence-corrected chi connectivity index (χ0v) is 19.2. The molecule has 1 N–H and O–H groups in total. The van der Waals surface area contributed by atoms with Gasteiger partial charge in [-0.15, -0.1) is 0 Å². The number of allylic oxidation sites excluding steroid dienone is 4. The van der Waals surface area contributed by atoms with Crippen molar-refractivity contribution in [3.8, 4) is 0 Å². The van der Waals surface area contributed by atoms with Crippen LogP contribution in [0.4, 0.5) is 18.9 Å². The van der Waals surface area contributed by atoms with Gasteiger partial charge in [-0.3, -0.25) is 0 Å². The summed E-state index contributed by atoms with van der Waals surface area (Å²) < 4.78 is 65.9. The van der Waals surface area contributed by atoms with Gasteiger partial charge in [0.15, 0.2) is 0 Å². The summed E-state index contributed by atoms with van der Waals surface area (Å²) in [5.41, 5.74) is -3.52. The van der Waals surface area contributed by atoms with Gasteiger partial charge in [-0.05, 0) is 42.9 Å². The molecule has 1 aromatic carbocycles. The van der Waals surface area contributed by atoms with E-state index >= 15 is 0 Å². The number of hydrogen-bond acceptors (Lipinski definition) is 4. The number of anilines is 1. The van der Waals surface area contributed by atoms with Gasteiger partial charge in [-0.1, -0.05) is 42.0 Å². The number of H-pyrrole nitrogens is 1. The van der Waals surface area contributed by atoms with E-state index in [1.165, 1.54) is 6.33 Å². The highest BCUT2D eigenvalue weighted by atomic mass is 35.5. The van der Waals surface area contributed by atoms with E-state index in [0.717, 1.165) is 12.1 Å². The Hall–Kier alpha value is -2.30. The maximum Gasteiger partial charge on any atom is 0.511 e. The third kappa shape index (κ3) is 5.28. The maximum atomic E-state index is 13.5. The third-order valence-electron chi connectivity index (χ3n) is 6.03. The normalized spacial score (nSPS) is 21.8. The van der Waals surface area contributed by atoms with Crippen LogP contribution in [0.3, 0.4) is 0 Å². The van der Waals surface area contributed by atoms with E-state index in [4.69, 9.17) is 11.6 Å². The van der Waals surface area contributed by atoms with E-state index in [2.05, 4.69) is 22.1 Å². The van der Waals surface area contributed by atoms with Gasteiger partial charge >= 0.3 is 15.5 Å².